The van der Waals surface area contributed by atoms with Crippen LogP contribution in [-0.2, 0) is 5.41 Å². The average molecular weight is 616 g/mol. The molecule has 1 unspecified atom stereocenters. The summed E-state index contributed by atoms with van der Waals surface area (Å²) in [6.07, 6.45) is 0. The first-order valence-electron chi connectivity index (χ1n) is 16.8. The number of amidine groups is 1. The van der Waals surface area contributed by atoms with Gasteiger partial charge in [-0.15, -0.1) is 0 Å². The fraction of sp³-hybridized carbons (Fsp3) is 0.0889. The molecule has 3 nitrogen and oxygen atoms in total. The molecule has 10 rings (SSSR count). The molecule has 2 aliphatic rings. The summed E-state index contributed by atoms with van der Waals surface area (Å²) in [7, 11) is 0. The minimum absolute atomic E-state index is 0.0225. The summed E-state index contributed by atoms with van der Waals surface area (Å²) in [6, 6.07) is 55.2. The maximum atomic E-state index is 5.15. The molecule has 3 heteroatoms. The first-order chi connectivity index (χ1) is 23.6. The summed E-state index contributed by atoms with van der Waals surface area (Å²) in [4.78, 5) is 5.15. The second-order valence-corrected chi connectivity index (χ2v) is 13.7. The lowest BCUT2D eigenvalue weighted by Gasteiger charge is -2.28. The standard InChI is InChI=1S/C45H33N3/c1-45(2)37-24-23-28-13-6-7-18-32(28)42(37)36-26-35-33-19-9-11-22-40(33)48(41(35)27-38(36)45)31-17-12-16-30(25-31)44-46-39-21-10-8-20-34(39)43(47-44)29-14-4-3-5-15-29/h3-27,43H,1-2H3,(H,46,47). The van der Waals surface area contributed by atoms with Crippen molar-refractivity contribution < 1.29 is 0 Å². The number of hydrogen-bond donors (Lipinski definition) is 1. The van der Waals surface area contributed by atoms with Crippen LogP contribution in [0.2, 0.25) is 0 Å². The van der Waals surface area contributed by atoms with Crippen molar-refractivity contribution in [1.82, 2.24) is 9.88 Å². The third-order valence-electron chi connectivity index (χ3n) is 10.6. The normalized spacial score (nSPS) is 16.0. The zero-order valence-corrected chi connectivity index (χ0v) is 26.9. The third kappa shape index (κ3) is 3.85. The molecule has 7 aromatic carbocycles. The molecule has 1 N–H and O–H groups in total. The fourth-order valence-electron chi connectivity index (χ4n) is 8.29. The van der Waals surface area contributed by atoms with Gasteiger partial charge < -0.3 is 9.88 Å². The van der Waals surface area contributed by atoms with Gasteiger partial charge in [0.25, 0.3) is 0 Å². The summed E-state index contributed by atoms with van der Waals surface area (Å²) >= 11 is 0. The van der Waals surface area contributed by atoms with E-state index in [1.54, 1.807) is 0 Å². The Bertz CT molecular complexity index is 2620. The lowest BCUT2D eigenvalue weighted by Crippen LogP contribution is -2.32. The molecule has 0 amide bonds. The van der Waals surface area contributed by atoms with Crippen LogP contribution in [0, 0.1) is 0 Å². The minimum Gasteiger partial charge on any atom is -0.359 e. The number of aromatic nitrogens is 1. The molecule has 0 saturated heterocycles. The van der Waals surface area contributed by atoms with Crippen molar-refractivity contribution in [1.29, 1.82) is 0 Å². The van der Waals surface area contributed by atoms with Crippen LogP contribution in [-0.4, -0.2) is 10.4 Å². The van der Waals surface area contributed by atoms with Gasteiger partial charge in [-0.05, 0) is 75.0 Å². The van der Waals surface area contributed by atoms with Crippen LogP contribution >= 0.6 is 0 Å². The summed E-state index contributed by atoms with van der Waals surface area (Å²) < 4.78 is 2.44. The lowest BCUT2D eigenvalue weighted by atomic mass is 9.82. The van der Waals surface area contributed by atoms with Gasteiger partial charge in [0.2, 0.25) is 0 Å². The van der Waals surface area contributed by atoms with E-state index >= 15 is 0 Å². The van der Waals surface area contributed by atoms with Gasteiger partial charge in [0.15, 0.2) is 0 Å². The molecule has 1 aliphatic heterocycles. The van der Waals surface area contributed by atoms with Crippen molar-refractivity contribution in [3.8, 4) is 16.8 Å². The van der Waals surface area contributed by atoms with Crippen molar-refractivity contribution >= 4 is 44.1 Å². The number of hydrogen-bond acceptors (Lipinski definition) is 2. The Kier molecular flexibility index (Phi) is 5.69. The smallest absolute Gasteiger partial charge is 0.134 e. The van der Waals surface area contributed by atoms with Crippen LogP contribution in [0.5, 0.6) is 0 Å². The van der Waals surface area contributed by atoms with E-state index in [2.05, 4.69) is 175 Å². The molecule has 1 aromatic heterocycles. The highest BCUT2D eigenvalue weighted by Gasteiger charge is 2.37. The molecule has 0 spiro atoms. The summed E-state index contributed by atoms with van der Waals surface area (Å²) in [5.74, 6) is 0.884. The van der Waals surface area contributed by atoms with Gasteiger partial charge in [-0.2, -0.15) is 0 Å². The van der Waals surface area contributed by atoms with Crippen molar-refractivity contribution in [3.05, 3.63) is 179 Å². The Balaban J connectivity index is 1.17. The second kappa shape index (κ2) is 10.0. The van der Waals surface area contributed by atoms with Crippen LogP contribution in [0.3, 0.4) is 0 Å². The zero-order chi connectivity index (χ0) is 32.0. The SMILES string of the molecule is CC1(C)c2cc3c(cc2-c2c1ccc1ccccc21)c1ccccc1n3-c1cccc(C2=Nc3ccccc3C(c3ccccc3)N2)c1. The van der Waals surface area contributed by atoms with E-state index in [4.69, 9.17) is 4.99 Å². The van der Waals surface area contributed by atoms with Crippen LogP contribution in [0.15, 0.2) is 157 Å². The second-order valence-electron chi connectivity index (χ2n) is 13.7. The molecule has 228 valence electrons. The molecular weight excluding hydrogens is 583 g/mol. The first-order valence-corrected chi connectivity index (χ1v) is 16.8. The van der Waals surface area contributed by atoms with Gasteiger partial charge in [0, 0.05) is 33.0 Å². The summed E-state index contributed by atoms with van der Waals surface area (Å²) in [5.41, 5.74) is 13.4. The van der Waals surface area contributed by atoms with E-state index < -0.39 is 0 Å². The van der Waals surface area contributed by atoms with Crippen LogP contribution in [0.25, 0.3) is 49.4 Å². The number of nitrogens with zero attached hydrogens (tertiary/aromatic N) is 2. The van der Waals surface area contributed by atoms with E-state index in [9.17, 15) is 0 Å². The lowest BCUT2D eigenvalue weighted by molar-refractivity contribution is 0.661. The highest BCUT2D eigenvalue weighted by atomic mass is 15.1. The van der Waals surface area contributed by atoms with Gasteiger partial charge >= 0.3 is 0 Å². The van der Waals surface area contributed by atoms with E-state index in [1.807, 2.05) is 0 Å². The fourth-order valence-corrected chi connectivity index (χ4v) is 8.29. The Morgan fingerprint density at radius 1 is 0.604 bits per heavy atom. The molecular formula is C45H33N3. The number of aliphatic imine (C=N–C) groups is 1. The highest BCUT2D eigenvalue weighted by molar-refractivity contribution is 6.13. The van der Waals surface area contributed by atoms with E-state index in [1.165, 1.54) is 66.0 Å². The number of fused-ring (bicyclic) bond motifs is 9. The Labute approximate surface area is 279 Å². The predicted octanol–water partition coefficient (Wildman–Crippen LogP) is 11.0. The van der Waals surface area contributed by atoms with Gasteiger partial charge in [-0.25, -0.2) is 4.99 Å². The van der Waals surface area contributed by atoms with Gasteiger partial charge in [0.05, 0.1) is 22.8 Å². The highest BCUT2D eigenvalue weighted by Crippen LogP contribution is 2.53. The maximum Gasteiger partial charge on any atom is 0.134 e. The molecule has 0 fully saturated rings. The van der Waals surface area contributed by atoms with E-state index in [-0.39, 0.29) is 11.5 Å². The summed E-state index contributed by atoms with van der Waals surface area (Å²) in [5, 5.41) is 8.95. The van der Waals surface area contributed by atoms with Crippen molar-refractivity contribution in [2.45, 2.75) is 25.3 Å². The summed E-state index contributed by atoms with van der Waals surface area (Å²) in [6.45, 7) is 4.75. The molecule has 0 saturated carbocycles. The van der Waals surface area contributed by atoms with Crippen molar-refractivity contribution in [2.24, 2.45) is 4.99 Å². The van der Waals surface area contributed by atoms with Gasteiger partial charge in [-0.3, -0.25) is 0 Å². The topological polar surface area (TPSA) is 29.3 Å². The quantitative estimate of drug-likeness (QED) is 0.210. The molecule has 0 radical (unpaired) electrons. The largest absolute Gasteiger partial charge is 0.359 e. The van der Waals surface area contributed by atoms with Gasteiger partial charge in [0.1, 0.15) is 5.84 Å². The number of rotatable bonds is 3. The van der Waals surface area contributed by atoms with Crippen molar-refractivity contribution in [2.75, 3.05) is 0 Å². The number of nitrogens with one attached hydrogen (secondary N) is 1. The Hall–Kier alpha value is -5.93. The Morgan fingerprint density at radius 3 is 2.27 bits per heavy atom. The van der Waals surface area contributed by atoms with Crippen LogP contribution in [0.1, 0.15) is 47.7 Å². The zero-order valence-electron chi connectivity index (χ0n) is 26.9. The van der Waals surface area contributed by atoms with Crippen molar-refractivity contribution in [3.63, 3.8) is 0 Å². The van der Waals surface area contributed by atoms with E-state index in [0.29, 0.717) is 0 Å². The molecule has 2 heterocycles. The Morgan fingerprint density at radius 2 is 1.38 bits per heavy atom. The van der Waals surface area contributed by atoms with Crippen LogP contribution < -0.4 is 5.32 Å². The first kappa shape index (κ1) is 27.2. The number of para-hydroxylation sites is 2. The molecule has 1 atom stereocenters. The number of benzene rings is 7. The molecule has 8 aromatic rings. The monoisotopic (exact) mass is 615 g/mol. The predicted molar refractivity (Wildman–Crippen MR) is 200 cm³/mol. The minimum atomic E-state index is -0.118. The molecule has 48 heavy (non-hydrogen) atoms. The molecule has 1 aliphatic carbocycles. The van der Waals surface area contributed by atoms with Crippen LogP contribution in [0.4, 0.5) is 5.69 Å². The van der Waals surface area contributed by atoms with E-state index in [0.717, 1.165) is 22.8 Å². The maximum absolute atomic E-state index is 5.15. The van der Waals surface area contributed by atoms with Gasteiger partial charge in [-0.1, -0.05) is 129 Å². The molecule has 0 bridgehead atoms. The average Bonchev–Trinajstić information content (AvgIpc) is 3.58. The third-order valence-corrected chi connectivity index (χ3v) is 10.6.